The van der Waals surface area contributed by atoms with Gasteiger partial charge in [0.1, 0.15) is 11.2 Å². The predicted octanol–water partition coefficient (Wildman–Crippen LogP) is 13.2. The van der Waals surface area contributed by atoms with Crippen LogP contribution in [-0.2, 0) is 0 Å². The minimum Gasteiger partial charge on any atom is -0.455 e. The summed E-state index contributed by atoms with van der Waals surface area (Å²) in [5.74, 6) is 0.229. The van der Waals surface area contributed by atoms with Crippen molar-refractivity contribution in [2.24, 2.45) is 0 Å². The second-order valence-corrected chi connectivity index (χ2v) is 12.6. The fraction of sp³-hybridized carbons (Fsp3) is 0. The van der Waals surface area contributed by atoms with E-state index >= 15 is 0 Å². The van der Waals surface area contributed by atoms with Crippen LogP contribution in [0.15, 0.2) is 198 Å². The van der Waals surface area contributed by atoms with E-state index in [-0.39, 0.29) is 78.0 Å². The number of fused-ring (bicyclic) bond motifs is 6. The van der Waals surface area contributed by atoms with Crippen molar-refractivity contribution in [2.45, 2.75) is 0 Å². The summed E-state index contributed by atoms with van der Waals surface area (Å²) in [5.41, 5.74) is -1.28. The minimum absolute atomic E-state index is 0.00300. The van der Waals surface area contributed by atoms with Crippen molar-refractivity contribution in [1.82, 2.24) is 19.5 Å². The van der Waals surface area contributed by atoms with Gasteiger partial charge in [-0.3, -0.25) is 0 Å². The van der Waals surface area contributed by atoms with E-state index < -0.39 is 132 Å². The number of hydrogen-bond donors (Lipinski definition) is 0. The molecule has 0 bridgehead atoms. The minimum atomic E-state index is -0.758. The molecule has 0 saturated carbocycles. The zero-order valence-corrected chi connectivity index (χ0v) is 28.7. The molecule has 0 saturated heterocycles. The average molecular weight is 736 g/mol. The first-order valence-corrected chi connectivity index (χ1v) is 17.2. The Labute approximate surface area is 349 Å². The van der Waals surface area contributed by atoms with E-state index in [9.17, 15) is 5.48 Å². The quantitative estimate of drug-likeness (QED) is 0.171. The average Bonchev–Trinajstić information content (AvgIpc) is 3.99. The molecule has 262 valence electrons. The molecular weight excluding hydrogens is 685 g/mol. The van der Waals surface area contributed by atoms with Gasteiger partial charge in [-0.2, -0.15) is 0 Å². The Morgan fingerprint density at radius 2 is 0.893 bits per heavy atom. The van der Waals surface area contributed by atoms with Crippen molar-refractivity contribution in [3.63, 3.8) is 0 Å². The van der Waals surface area contributed by atoms with E-state index in [1.54, 1.807) is 60.7 Å². The number of rotatable bonds is 6. The monoisotopic (exact) mass is 735 g/mol. The molecule has 5 heteroatoms. The van der Waals surface area contributed by atoms with Gasteiger partial charge in [0.05, 0.1) is 42.8 Å². The first-order chi connectivity index (χ1) is 35.7. The molecule has 0 radical (unpaired) electrons. The first kappa shape index (κ1) is 18.1. The van der Waals surface area contributed by atoms with Crippen LogP contribution in [0.2, 0.25) is 0 Å². The molecule has 5 nitrogen and oxygen atoms in total. The van der Waals surface area contributed by atoms with Gasteiger partial charge in [0.2, 0.25) is 0 Å². The maximum absolute atomic E-state index is 9.47. The largest absolute Gasteiger partial charge is 0.455 e. The second-order valence-electron chi connectivity index (χ2n) is 12.6. The van der Waals surface area contributed by atoms with Crippen molar-refractivity contribution in [1.29, 1.82) is 0 Å². The van der Waals surface area contributed by atoms with Gasteiger partial charge in [0, 0.05) is 49.4 Å². The summed E-state index contributed by atoms with van der Waals surface area (Å²) >= 11 is 0. The van der Waals surface area contributed by atoms with Gasteiger partial charge in [-0.25, -0.2) is 15.0 Å². The molecule has 3 aromatic heterocycles. The van der Waals surface area contributed by atoms with Gasteiger partial charge in [-0.05, 0) is 35.3 Å². The lowest BCUT2D eigenvalue weighted by Gasteiger charge is -2.16. The van der Waals surface area contributed by atoms with Gasteiger partial charge < -0.3 is 8.98 Å². The molecule has 0 spiro atoms. The Morgan fingerprint density at radius 1 is 0.393 bits per heavy atom. The summed E-state index contributed by atoms with van der Waals surface area (Å²) in [6.45, 7) is 0. The van der Waals surface area contributed by atoms with Crippen molar-refractivity contribution < 1.29 is 30.5 Å². The molecule has 0 unspecified atom stereocenters. The summed E-state index contributed by atoms with van der Waals surface area (Å²) in [6.07, 6.45) is 0. The highest BCUT2D eigenvalue weighted by atomic mass is 16.3. The maximum atomic E-state index is 9.47. The smallest absolute Gasteiger partial charge is 0.166 e. The zero-order valence-electron chi connectivity index (χ0n) is 47.7. The van der Waals surface area contributed by atoms with E-state index in [0.717, 1.165) is 0 Å². The van der Waals surface area contributed by atoms with Crippen molar-refractivity contribution >= 4 is 43.7 Å². The Kier molecular flexibility index (Phi) is 4.22. The van der Waals surface area contributed by atoms with E-state index in [0.29, 0.717) is 11.1 Å². The van der Waals surface area contributed by atoms with E-state index in [4.69, 9.17) is 39.9 Å². The van der Waals surface area contributed by atoms with Crippen molar-refractivity contribution in [2.75, 3.05) is 0 Å². The molecule has 0 N–H and O–H groups in total. The van der Waals surface area contributed by atoms with Crippen molar-refractivity contribution in [3.8, 4) is 62.1 Å². The molecule has 3 heterocycles. The molecule has 0 fully saturated rings. The number of benzene rings is 8. The number of para-hydroxylation sites is 4. The summed E-state index contributed by atoms with van der Waals surface area (Å²) < 4.78 is 177. The summed E-state index contributed by atoms with van der Waals surface area (Å²) in [6, 6.07) is 9.27. The van der Waals surface area contributed by atoms with Crippen LogP contribution in [0.3, 0.4) is 0 Å². The van der Waals surface area contributed by atoms with Crippen LogP contribution in [-0.4, -0.2) is 19.5 Å². The lowest BCUT2D eigenvalue weighted by molar-refractivity contribution is 0.671. The predicted molar refractivity (Wildman–Crippen MR) is 229 cm³/mol. The van der Waals surface area contributed by atoms with E-state index in [1.807, 2.05) is 0 Å². The van der Waals surface area contributed by atoms with Crippen LogP contribution in [0, 0.1) is 0 Å². The number of hydrogen-bond acceptors (Lipinski definition) is 4. The molecule has 8 aromatic carbocycles. The van der Waals surface area contributed by atoms with Gasteiger partial charge >= 0.3 is 0 Å². The van der Waals surface area contributed by atoms with Crippen LogP contribution in [0.25, 0.3) is 106 Å². The number of aromatic nitrogens is 4. The third-order valence-electron chi connectivity index (χ3n) is 9.36. The summed E-state index contributed by atoms with van der Waals surface area (Å²) in [7, 11) is 0. The molecule has 11 aromatic rings. The molecule has 0 aliphatic rings. The highest BCUT2D eigenvalue weighted by Crippen LogP contribution is 2.42. The number of nitrogens with zero attached hydrogens (tertiary/aromatic N) is 4. The van der Waals surface area contributed by atoms with Crippen LogP contribution in [0.5, 0.6) is 0 Å². The van der Waals surface area contributed by atoms with E-state index in [2.05, 4.69) is 0 Å². The van der Waals surface area contributed by atoms with Gasteiger partial charge in [-0.15, -0.1) is 0 Å². The topological polar surface area (TPSA) is 56.7 Å². The highest BCUT2D eigenvalue weighted by molar-refractivity contribution is 6.13. The molecular formula is C51H32N4O. The molecule has 0 amide bonds. The van der Waals surface area contributed by atoms with Gasteiger partial charge in [-0.1, -0.05) is 169 Å². The Hall–Kier alpha value is -7.63. The number of furan rings is 1. The zero-order chi connectivity index (χ0) is 53.5. The third-order valence-corrected chi connectivity index (χ3v) is 9.36. The Balaban J connectivity index is 1.33. The van der Waals surface area contributed by atoms with Crippen molar-refractivity contribution in [3.05, 3.63) is 194 Å². The lowest BCUT2D eigenvalue weighted by atomic mass is 9.98. The van der Waals surface area contributed by atoms with Crippen LogP contribution in [0.4, 0.5) is 0 Å². The van der Waals surface area contributed by atoms with Crippen LogP contribution in [0.1, 0.15) is 26.0 Å². The van der Waals surface area contributed by atoms with Crippen LogP contribution < -0.4 is 0 Å². The third kappa shape index (κ3) is 5.21. The molecule has 0 aliphatic carbocycles. The summed E-state index contributed by atoms with van der Waals surface area (Å²) in [5, 5.41) is -1.01. The Bertz CT molecular complexity index is 4190. The van der Waals surface area contributed by atoms with Crippen LogP contribution >= 0.6 is 0 Å². The van der Waals surface area contributed by atoms with E-state index in [1.165, 1.54) is 22.8 Å². The summed E-state index contributed by atoms with van der Waals surface area (Å²) in [4.78, 5) is 14.7. The standard InChI is InChI=1S/C51H32N4O/c1-4-16-33(17-5-1)37-24-14-26-41-42-27-15-25-38(48(42)56-47(37)41)36-30-31-46(55-44-28-12-10-22-39(44)40-23-11-13-29-45(40)55)43(32-36)51-53-49(34-18-6-2-7-19-34)52-50(54-51)35-20-8-3-9-21-35/h1-32H/i1D,4D,5D,10D,11D,12D,13D,14D,15D,16D,17D,22D,23D,24D,25D,26D,27D,28D,29D. The normalized spacial score (nSPS) is 16.3. The molecule has 11 rings (SSSR count). The van der Waals surface area contributed by atoms with Gasteiger partial charge in [0.15, 0.2) is 17.5 Å². The lowest BCUT2D eigenvalue weighted by Crippen LogP contribution is -2.04. The maximum Gasteiger partial charge on any atom is 0.166 e. The molecule has 0 atom stereocenters. The SMILES string of the molecule is [2H]c1c([2H])c([2H])c(-c2c([2H])c([2H])c([2H])c3c2oc2c(-c4ccc(-n5c6c([2H])c([2H])c([2H])c([2H])c6c6c([2H])c([2H])c([2H])c([2H])c65)c(-c5nc(-c6ccccc6)nc(-c6ccccc6)n5)c4)c([2H])c([2H])c([2H])c23)c([2H])c1[2H]. The second kappa shape index (κ2) is 13.0. The Morgan fingerprint density at radius 3 is 1.48 bits per heavy atom. The van der Waals surface area contributed by atoms with Gasteiger partial charge in [0.25, 0.3) is 0 Å². The first-order valence-electron chi connectivity index (χ1n) is 26.7. The molecule has 56 heavy (non-hydrogen) atoms. The molecule has 0 aliphatic heterocycles. The fourth-order valence-corrected chi connectivity index (χ4v) is 6.86. The fourth-order valence-electron chi connectivity index (χ4n) is 6.86. The highest BCUT2D eigenvalue weighted by Gasteiger charge is 2.22.